The van der Waals surface area contributed by atoms with Crippen molar-refractivity contribution in [2.24, 2.45) is 0 Å². The van der Waals surface area contributed by atoms with Gasteiger partial charge in [0.2, 0.25) is 0 Å². The Morgan fingerprint density at radius 3 is 2.86 bits per heavy atom. The van der Waals surface area contributed by atoms with Crippen molar-refractivity contribution in [2.75, 3.05) is 32.8 Å². The van der Waals surface area contributed by atoms with Crippen molar-refractivity contribution in [1.29, 1.82) is 0 Å². The smallest absolute Gasteiger partial charge is 0.134 e. The summed E-state index contributed by atoms with van der Waals surface area (Å²) in [4.78, 5) is 2.45. The van der Waals surface area contributed by atoms with Crippen LogP contribution in [0, 0.1) is 0 Å². The lowest BCUT2D eigenvalue weighted by Gasteiger charge is -2.26. The molecule has 7 heteroatoms. The molecule has 2 aromatic heterocycles. The molecule has 1 aliphatic rings. The highest BCUT2D eigenvalue weighted by molar-refractivity contribution is 5.91. The molecule has 5 rings (SSSR count). The Balaban J connectivity index is 1.35. The summed E-state index contributed by atoms with van der Waals surface area (Å²) in [6.07, 6.45) is 2.95. The van der Waals surface area contributed by atoms with Gasteiger partial charge in [0.25, 0.3) is 0 Å². The number of aromatic nitrogens is 5. The van der Waals surface area contributed by atoms with Gasteiger partial charge in [0, 0.05) is 25.0 Å². The van der Waals surface area contributed by atoms with E-state index < -0.39 is 0 Å². The third-order valence-corrected chi connectivity index (χ3v) is 5.20. The summed E-state index contributed by atoms with van der Waals surface area (Å²) in [5.41, 5.74) is 4.89. The third kappa shape index (κ3) is 3.42. The van der Waals surface area contributed by atoms with Crippen LogP contribution < -0.4 is 0 Å². The summed E-state index contributed by atoms with van der Waals surface area (Å²) in [6, 6.07) is 16.5. The molecular weight excluding hydrogens is 352 g/mol. The molecule has 0 aliphatic carbocycles. The molecule has 0 unspecified atom stereocenters. The average molecular weight is 374 g/mol. The van der Waals surface area contributed by atoms with Crippen LogP contribution in [0.1, 0.15) is 5.56 Å². The van der Waals surface area contributed by atoms with E-state index in [1.54, 1.807) is 0 Å². The van der Waals surface area contributed by atoms with E-state index in [0.29, 0.717) is 0 Å². The second kappa shape index (κ2) is 7.53. The number of rotatable bonds is 5. The maximum absolute atomic E-state index is 5.42. The molecule has 0 amide bonds. The van der Waals surface area contributed by atoms with Gasteiger partial charge in [-0.15, -0.1) is 5.10 Å². The highest BCUT2D eigenvalue weighted by Gasteiger charge is 2.13. The van der Waals surface area contributed by atoms with E-state index in [2.05, 4.69) is 49.7 Å². The van der Waals surface area contributed by atoms with Crippen LogP contribution in [0.25, 0.3) is 28.0 Å². The van der Waals surface area contributed by atoms with Gasteiger partial charge in [-0.3, -0.25) is 10.00 Å². The van der Waals surface area contributed by atoms with Gasteiger partial charge in [0.1, 0.15) is 11.4 Å². The van der Waals surface area contributed by atoms with E-state index in [9.17, 15) is 0 Å². The second-order valence-electron chi connectivity index (χ2n) is 7.04. The number of hydrogen-bond donors (Lipinski definition) is 1. The first-order valence-corrected chi connectivity index (χ1v) is 9.62. The molecule has 0 spiro atoms. The van der Waals surface area contributed by atoms with E-state index in [4.69, 9.17) is 4.74 Å². The number of benzene rings is 2. The molecule has 1 fully saturated rings. The maximum atomic E-state index is 5.42. The Bertz CT molecular complexity index is 1080. The van der Waals surface area contributed by atoms with Gasteiger partial charge in [0.05, 0.1) is 30.6 Å². The monoisotopic (exact) mass is 374 g/mol. The number of H-pyrrole nitrogens is 1. The number of hydrogen-bond acceptors (Lipinski definition) is 5. The third-order valence-electron chi connectivity index (χ3n) is 5.20. The standard InChI is InChI=1S/C21H22N6O/c1-2-7-19-18(6-1)21(24-22-19)20-15-27(25-23-20)17-5-3-4-16(14-17)8-9-26-10-12-28-13-11-26/h1-7,14-15H,8-13H2,(H,22,24). The van der Waals surface area contributed by atoms with Gasteiger partial charge < -0.3 is 4.74 Å². The van der Waals surface area contributed by atoms with Crippen LogP contribution in [0.5, 0.6) is 0 Å². The minimum absolute atomic E-state index is 0.760. The van der Waals surface area contributed by atoms with E-state index in [1.165, 1.54) is 5.56 Å². The fourth-order valence-corrected chi connectivity index (χ4v) is 3.62. The van der Waals surface area contributed by atoms with Crippen molar-refractivity contribution in [2.45, 2.75) is 6.42 Å². The minimum atomic E-state index is 0.760. The molecule has 0 saturated carbocycles. The van der Waals surface area contributed by atoms with Crippen LogP contribution in [-0.2, 0) is 11.2 Å². The van der Waals surface area contributed by atoms with E-state index in [-0.39, 0.29) is 0 Å². The molecule has 0 radical (unpaired) electrons. The molecule has 1 N–H and O–H groups in total. The highest BCUT2D eigenvalue weighted by atomic mass is 16.5. The molecule has 4 aromatic rings. The Hall–Kier alpha value is -3.03. The van der Waals surface area contributed by atoms with Crippen molar-refractivity contribution in [3.05, 3.63) is 60.3 Å². The molecule has 7 nitrogen and oxygen atoms in total. The van der Waals surface area contributed by atoms with E-state index >= 15 is 0 Å². The van der Waals surface area contributed by atoms with Crippen LogP contribution >= 0.6 is 0 Å². The number of nitrogens with zero attached hydrogens (tertiary/aromatic N) is 5. The van der Waals surface area contributed by atoms with Crippen molar-refractivity contribution in [3.63, 3.8) is 0 Å². The molecule has 28 heavy (non-hydrogen) atoms. The zero-order valence-corrected chi connectivity index (χ0v) is 15.6. The van der Waals surface area contributed by atoms with Gasteiger partial charge in [0.15, 0.2) is 0 Å². The number of nitrogens with one attached hydrogen (secondary N) is 1. The van der Waals surface area contributed by atoms with Gasteiger partial charge in [-0.25, -0.2) is 4.68 Å². The van der Waals surface area contributed by atoms with Crippen molar-refractivity contribution in [3.8, 4) is 17.1 Å². The van der Waals surface area contributed by atoms with Gasteiger partial charge >= 0.3 is 0 Å². The number of morpholine rings is 1. The molecule has 3 heterocycles. The summed E-state index contributed by atoms with van der Waals surface area (Å²) in [6.45, 7) is 4.76. The van der Waals surface area contributed by atoms with Crippen LogP contribution in [0.3, 0.4) is 0 Å². The van der Waals surface area contributed by atoms with Gasteiger partial charge in [-0.2, -0.15) is 5.10 Å². The van der Waals surface area contributed by atoms with Crippen LogP contribution in [0.2, 0.25) is 0 Å². The Morgan fingerprint density at radius 1 is 1.04 bits per heavy atom. The number of fused-ring (bicyclic) bond motifs is 1. The lowest BCUT2D eigenvalue weighted by atomic mass is 10.1. The number of para-hydroxylation sites is 1. The first kappa shape index (κ1) is 17.1. The predicted molar refractivity (Wildman–Crippen MR) is 107 cm³/mol. The Morgan fingerprint density at radius 2 is 1.93 bits per heavy atom. The largest absolute Gasteiger partial charge is 0.379 e. The Labute approximate surface area is 162 Å². The van der Waals surface area contributed by atoms with Crippen LogP contribution in [0.4, 0.5) is 0 Å². The first-order chi connectivity index (χ1) is 13.9. The SMILES string of the molecule is c1cc(CCN2CCOCC2)cc(-n2cc(-c3n[nH]c4ccccc34)nn2)c1. The molecule has 142 valence electrons. The molecule has 2 aromatic carbocycles. The topological polar surface area (TPSA) is 71.9 Å². The van der Waals surface area contributed by atoms with E-state index in [1.807, 2.05) is 35.1 Å². The quantitative estimate of drug-likeness (QED) is 0.581. The zero-order chi connectivity index (χ0) is 18.8. The molecular formula is C21H22N6O. The molecule has 0 bridgehead atoms. The lowest BCUT2D eigenvalue weighted by molar-refractivity contribution is 0.0384. The van der Waals surface area contributed by atoms with Crippen molar-refractivity contribution in [1.82, 2.24) is 30.1 Å². The van der Waals surface area contributed by atoms with Crippen molar-refractivity contribution < 1.29 is 4.74 Å². The zero-order valence-electron chi connectivity index (χ0n) is 15.6. The van der Waals surface area contributed by atoms with Gasteiger partial charge in [-0.05, 0) is 30.2 Å². The van der Waals surface area contributed by atoms with E-state index in [0.717, 1.165) is 67.2 Å². The average Bonchev–Trinajstić information content (AvgIpc) is 3.40. The highest BCUT2D eigenvalue weighted by Crippen LogP contribution is 2.24. The predicted octanol–water partition coefficient (Wildman–Crippen LogP) is 2.69. The molecule has 0 atom stereocenters. The Kier molecular flexibility index (Phi) is 4.60. The fraction of sp³-hybridized carbons (Fsp3) is 0.286. The molecule has 1 saturated heterocycles. The number of ether oxygens (including phenoxy) is 1. The van der Waals surface area contributed by atoms with Crippen LogP contribution in [-0.4, -0.2) is 62.9 Å². The first-order valence-electron chi connectivity index (χ1n) is 9.62. The molecule has 1 aliphatic heterocycles. The maximum Gasteiger partial charge on any atom is 0.134 e. The summed E-state index contributed by atoms with van der Waals surface area (Å²) in [7, 11) is 0. The summed E-state index contributed by atoms with van der Waals surface area (Å²) in [5.74, 6) is 0. The van der Waals surface area contributed by atoms with Crippen molar-refractivity contribution >= 4 is 10.9 Å². The normalized spacial score (nSPS) is 15.3. The second-order valence-corrected chi connectivity index (χ2v) is 7.04. The summed E-state index contributed by atoms with van der Waals surface area (Å²) in [5, 5.41) is 17.2. The fourth-order valence-electron chi connectivity index (χ4n) is 3.62. The van der Waals surface area contributed by atoms with Gasteiger partial charge in [-0.1, -0.05) is 35.5 Å². The number of aromatic amines is 1. The summed E-state index contributed by atoms with van der Waals surface area (Å²) >= 11 is 0. The van der Waals surface area contributed by atoms with Crippen LogP contribution in [0.15, 0.2) is 54.7 Å². The minimum Gasteiger partial charge on any atom is -0.379 e. The lowest BCUT2D eigenvalue weighted by Crippen LogP contribution is -2.37. The summed E-state index contributed by atoms with van der Waals surface area (Å²) < 4.78 is 7.24.